The molecule has 1 atom stereocenters. The van der Waals surface area contributed by atoms with Gasteiger partial charge in [-0.3, -0.25) is 0 Å². The van der Waals surface area contributed by atoms with Crippen molar-refractivity contribution in [2.24, 2.45) is 0 Å². The van der Waals surface area contributed by atoms with Crippen LogP contribution in [0.5, 0.6) is 0 Å². The van der Waals surface area contributed by atoms with Gasteiger partial charge in [-0.2, -0.15) is 0 Å². The van der Waals surface area contributed by atoms with Gasteiger partial charge in [-0.1, -0.05) is 32.6 Å². The van der Waals surface area contributed by atoms with Crippen molar-refractivity contribution in [1.82, 2.24) is 5.32 Å². The zero-order valence-corrected chi connectivity index (χ0v) is 12.0. The molecule has 0 bridgehead atoms. The van der Waals surface area contributed by atoms with Gasteiger partial charge >= 0.3 is 0 Å². The summed E-state index contributed by atoms with van der Waals surface area (Å²) in [5, 5.41) is 13.6. The molecule has 0 aliphatic heterocycles. The number of nitrogens with one attached hydrogen (secondary N) is 1. The first-order chi connectivity index (χ1) is 8.03. The molecule has 2 N–H and O–H groups in total. The molecule has 102 valence electrons. The lowest BCUT2D eigenvalue weighted by atomic mass is 9.83. The van der Waals surface area contributed by atoms with E-state index in [1.54, 1.807) is 0 Å². The zero-order chi connectivity index (χ0) is 12.7. The average molecular weight is 241 g/mol. The van der Waals surface area contributed by atoms with Crippen LogP contribution in [0, 0.1) is 0 Å². The van der Waals surface area contributed by atoms with Gasteiger partial charge in [0.25, 0.3) is 0 Å². The maximum atomic E-state index is 9.90. The summed E-state index contributed by atoms with van der Waals surface area (Å²) in [6.45, 7) is 6.53. The van der Waals surface area contributed by atoms with Crippen LogP contribution < -0.4 is 5.32 Å². The minimum atomic E-state index is -0.400. The van der Waals surface area contributed by atoms with Crippen LogP contribution in [-0.2, 0) is 0 Å². The second-order valence-corrected chi connectivity index (χ2v) is 6.19. The lowest BCUT2D eigenvalue weighted by Gasteiger charge is -2.35. The highest BCUT2D eigenvalue weighted by Crippen LogP contribution is 2.28. The van der Waals surface area contributed by atoms with Crippen molar-refractivity contribution in [3.63, 3.8) is 0 Å². The fourth-order valence-electron chi connectivity index (χ4n) is 2.77. The molecule has 1 aliphatic carbocycles. The van der Waals surface area contributed by atoms with Crippen LogP contribution in [0.2, 0.25) is 0 Å². The SMILES string of the molecule is CCCCCCC(C)NC1CCC(C)(O)CC1. The molecule has 17 heavy (non-hydrogen) atoms. The van der Waals surface area contributed by atoms with Gasteiger partial charge in [0, 0.05) is 12.1 Å². The molecule has 0 radical (unpaired) electrons. The van der Waals surface area contributed by atoms with Crippen molar-refractivity contribution in [1.29, 1.82) is 0 Å². The van der Waals surface area contributed by atoms with Crippen molar-refractivity contribution < 1.29 is 5.11 Å². The lowest BCUT2D eigenvalue weighted by molar-refractivity contribution is 0.0130. The summed E-state index contributed by atoms with van der Waals surface area (Å²) in [4.78, 5) is 0. The molecule has 1 unspecified atom stereocenters. The second-order valence-electron chi connectivity index (χ2n) is 6.19. The predicted molar refractivity (Wildman–Crippen MR) is 74.2 cm³/mol. The highest BCUT2D eigenvalue weighted by atomic mass is 16.3. The van der Waals surface area contributed by atoms with Gasteiger partial charge < -0.3 is 10.4 Å². The third-order valence-electron chi connectivity index (χ3n) is 4.07. The third-order valence-corrected chi connectivity index (χ3v) is 4.07. The van der Waals surface area contributed by atoms with E-state index in [0.29, 0.717) is 12.1 Å². The Morgan fingerprint density at radius 3 is 2.47 bits per heavy atom. The minimum Gasteiger partial charge on any atom is -0.390 e. The van der Waals surface area contributed by atoms with E-state index in [-0.39, 0.29) is 0 Å². The number of aliphatic hydroxyl groups is 1. The van der Waals surface area contributed by atoms with E-state index < -0.39 is 5.60 Å². The van der Waals surface area contributed by atoms with Gasteiger partial charge in [0.15, 0.2) is 0 Å². The van der Waals surface area contributed by atoms with Gasteiger partial charge in [-0.25, -0.2) is 0 Å². The Balaban J connectivity index is 2.08. The van der Waals surface area contributed by atoms with E-state index in [1.165, 1.54) is 32.1 Å². The molecule has 0 aromatic rings. The molecule has 0 heterocycles. The van der Waals surface area contributed by atoms with Crippen molar-refractivity contribution in [2.45, 2.75) is 96.2 Å². The molecule has 0 amide bonds. The largest absolute Gasteiger partial charge is 0.390 e. The summed E-state index contributed by atoms with van der Waals surface area (Å²) < 4.78 is 0. The molecular weight excluding hydrogens is 210 g/mol. The van der Waals surface area contributed by atoms with Crippen LogP contribution in [0.25, 0.3) is 0 Å². The lowest BCUT2D eigenvalue weighted by Crippen LogP contribution is -2.43. The molecule has 2 heteroatoms. The van der Waals surface area contributed by atoms with Crippen LogP contribution >= 0.6 is 0 Å². The topological polar surface area (TPSA) is 32.3 Å². The monoisotopic (exact) mass is 241 g/mol. The Labute approximate surface area is 107 Å². The molecule has 2 nitrogen and oxygen atoms in total. The van der Waals surface area contributed by atoms with Crippen molar-refractivity contribution in [3.05, 3.63) is 0 Å². The second kappa shape index (κ2) is 7.38. The Morgan fingerprint density at radius 1 is 1.24 bits per heavy atom. The molecule has 1 saturated carbocycles. The van der Waals surface area contributed by atoms with E-state index in [4.69, 9.17) is 0 Å². The maximum Gasteiger partial charge on any atom is 0.0621 e. The Hall–Kier alpha value is -0.0800. The summed E-state index contributed by atoms with van der Waals surface area (Å²) >= 11 is 0. The zero-order valence-electron chi connectivity index (χ0n) is 12.0. The summed E-state index contributed by atoms with van der Waals surface area (Å²) in [7, 11) is 0. The molecule has 0 spiro atoms. The Kier molecular flexibility index (Phi) is 6.50. The Bertz CT molecular complexity index is 193. The summed E-state index contributed by atoms with van der Waals surface area (Å²) in [5.41, 5.74) is -0.400. The summed E-state index contributed by atoms with van der Waals surface area (Å²) in [5.74, 6) is 0. The number of rotatable bonds is 7. The molecule has 1 fully saturated rings. The average Bonchev–Trinajstić information content (AvgIpc) is 2.28. The van der Waals surface area contributed by atoms with Crippen LogP contribution in [0.1, 0.15) is 78.6 Å². The van der Waals surface area contributed by atoms with Crippen molar-refractivity contribution in [2.75, 3.05) is 0 Å². The van der Waals surface area contributed by atoms with Gasteiger partial charge in [-0.15, -0.1) is 0 Å². The molecule has 0 aromatic heterocycles. The number of hydrogen-bond acceptors (Lipinski definition) is 2. The normalized spacial score (nSPS) is 31.4. The Morgan fingerprint density at radius 2 is 1.88 bits per heavy atom. The van der Waals surface area contributed by atoms with E-state index in [9.17, 15) is 5.11 Å². The fraction of sp³-hybridized carbons (Fsp3) is 1.00. The predicted octanol–water partition coefficient (Wildman–Crippen LogP) is 3.63. The fourth-order valence-corrected chi connectivity index (χ4v) is 2.77. The summed E-state index contributed by atoms with van der Waals surface area (Å²) in [6.07, 6.45) is 10.9. The number of hydrogen-bond donors (Lipinski definition) is 2. The van der Waals surface area contributed by atoms with Crippen LogP contribution in [-0.4, -0.2) is 22.8 Å². The van der Waals surface area contributed by atoms with Crippen LogP contribution in [0.15, 0.2) is 0 Å². The smallest absolute Gasteiger partial charge is 0.0621 e. The van der Waals surface area contributed by atoms with Gasteiger partial charge in [0.1, 0.15) is 0 Å². The van der Waals surface area contributed by atoms with Gasteiger partial charge in [0.2, 0.25) is 0 Å². The van der Waals surface area contributed by atoms with E-state index in [1.807, 2.05) is 6.92 Å². The minimum absolute atomic E-state index is 0.400. The van der Waals surface area contributed by atoms with Crippen molar-refractivity contribution in [3.8, 4) is 0 Å². The first kappa shape index (κ1) is 15.0. The standard InChI is InChI=1S/C15H31NO/c1-4-5-6-7-8-13(2)16-14-9-11-15(3,17)12-10-14/h13-14,16-17H,4-12H2,1-3H3. The van der Waals surface area contributed by atoms with Crippen molar-refractivity contribution >= 4 is 0 Å². The first-order valence-electron chi connectivity index (χ1n) is 7.52. The van der Waals surface area contributed by atoms with Crippen LogP contribution in [0.4, 0.5) is 0 Å². The highest BCUT2D eigenvalue weighted by molar-refractivity contribution is 4.85. The maximum absolute atomic E-state index is 9.90. The van der Waals surface area contributed by atoms with E-state index in [0.717, 1.165) is 25.7 Å². The molecular formula is C15H31NO. The van der Waals surface area contributed by atoms with Gasteiger partial charge in [0.05, 0.1) is 5.60 Å². The number of unbranched alkanes of at least 4 members (excludes halogenated alkanes) is 3. The third kappa shape index (κ3) is 6.42. The molecule has 1 aliphatic rings. The molecule has 1 rings (SSSR count). The highest BCUT2D eigenvalue weighted by Gasteiger charge is 2.28. The molecule has 0 aromatic carbocycles. The van der Waals surface area contributed by atoms with Gasteiger partial charge in [-0.05, 0) is 46.0 Å². The summed E-state index contributed by atoms with van der Waals surface area (Å²) in [6, 6.07) is 1.27. The molecule has 0 saturated heterocycles. The van der Waals surface area contributed by atoms with E-state index in [2.05, 4.69) is 19.2 Å². The van der Waals surface area contributed by atoms with E-state index >= 15 is 0 Å². The van der Waals surface area contributed by atoms with Crippen LogP contribution in [0.3, 0.4) is 0 Å². The first-order valence-corrected chi connectivity index (χ1v) is 7.52. The quantitative estimate of drug-likeness (QED) is 0.667.